The standard InChI is InChI=1S/C4H10N2O.Cl2OS.ClH/c1-2-3(5)4(6)7;1-4(2)3;/h3H,2,5H2,1H3,(H2,6,7);;1H/t3-;;/m0../s1. The van der Waals surface area contributed by atoms with Crippen LogP contribution >= 0.6 is 33.8 Å². The van der Waals surface area contributed by atoms with Gasteiger partial charge in [-0.2, -0.15) is 0 Å². The highest BCUT2D eigenvalue weighted by atomic mass is 36.0. The molecule has 0 spiro atoms. The van der Waals surface area contributed by atoms with E-state index in [4.69, 9.17) is 16.0 Å². The molecule has 0 saturated carbocycles. The molecule has 0 aliphatic heterocycles. The van der Waals surface area contributed by atoms with Gasteiger partial charge in [-0.25, -0.2) is 0 Å². The van der Waals surface area contributed by atoms with Gasteiger partial charge in [-0.15, -0.1) is 12.4 Å². The van der Waals surface area contributed by atoms with Gasteiger partial charge >= 0.3 is 0 Å². The molecule has 4 N–H and O–H groups in total. The van der Waals surface area contributed by atoms with Gasteiger partial charge in [-0.1, -0.05) is 6.92 Å². The van der Waals surface area contributed by atoms with Crippen LogP contribution in [0.3, 0.4) is 0 Å². The van der Waals surface area contributed by atoms with E-state index in [2.05, 4.69) is 21.4 Å². The predicted molar refractivity (Wildman–Crippen MR) is 54.6 cm³/mol. The molecule has 0 heterocycles. The Hall–Kier alpha value is 0.610. The van der Waals surface area contributed by atoms with Gasteiger partial charge < -0.3 is 16.0 Å². The van der Waals surface area contributed by atoms with Gasteiger partial charge in [0, 0.05) is 0 Å². The summed E-state index contributed by atoms with van der Waals surface area (Å²) in [6, 6.07) is -0.458. The van der Waals surface area contributed by atoms with Crippen molar-refractivity contribution in [3.05, 3.63) is 0 Å². The summed E-state index contributed by atoms with van der Waals surface area (Å²) in [6.07, 6.45) is 0.620. The highest BCUT2D eigenvalue weighted by Gasteiger charge is 2.02. The topological polar surface area (TPSA) is 92.2 Å². The van der Waals surface area contributed by atoms with E-state index in [-0.39, 0.29) is 12.4 Å². The quantitative estimate of drug-likeness (QED) is 0.712. The summed E-state index contributed by atoms with van der Waals surface area (Å²) in [7, 11) is 7.36. The minimum Gasteiger partial charge on any atom is -0.582 e. The molecular formula is C4H11Cl3N2O2S. The van der Waals surface area contributed by atoms with Crippen LogP contribution in [0, 0.1) is 0 Å². The van der Waals surface area contributed by atoms with Gasteiger partial charge in [0.05, 0.1) is 6.04 Å². The second-order valence-electron chi connectivity index (χ2n) is 1.60. The van der Waals surface area contributed by atoms with Gasteiger partial charge in [0.25, 0.3) is 0 Å². The molecule has 0 unspecified atom stereocenters. The van der Waals surface area contributed by atoms with E-state index in [1.54, 1.807) is 0 Å². The molecule has 0 aromatic heterocycles. The molecule has 0 aromatic rings. The normalized spacial score (nSPS) is 10.8. The highest BCUT2D eigenvalue weighted by Crippen LogP contribution is 1.98. The number of amides is 1. The first kappa shape index (κ1) is 18.4. The first-order valence-corrected chi connectivity index (χ1v) is 5.51. The summed E-state index contributed by atoms with van der Waals surface area (Å²) < 4.78 is 9.09. The van der Waals surface area contributed by atoms with Crippen LogP contribution in [-0.2, 0) is 14.4 Å². The third-order valence-electron chi connectivity index (χ3n) is 0.805. The molecular weight excluding hydrogens is 246 g/mol. The molecule has 0 bridgehead atoms. The molecule has 12 heavy (non-hydrogen) atoms. The Kier molecular flexibility index (Phi) is 17.8. The number of halogens is 3. The number of carbonyl (C=O) groups is 1. The minimum absolute atomic E-state index is 0. The van der Waals surface area contributed by atoms with Gasteiger partial charge in [-0.05, 0) is 6.42 Å². The Bertz CT molecular complexity index is 114. The van der Waals surface area contributed by atoms with Crippen molar-refractivity contribution in [1.82, 2.24) is 0 Å². The average molecular weight is 258 g/mol. The Morgan fingerprint density at radius 1 is 1.67 bits per heavy atom. The Labute approximate surface area is 89.5 Å². The summed E-state index contributed by atoms with van der Waals surface area (Å²) in [5, 5.41) is 0. The monoisotopic (exact) mass is 256 g/mol. The molecule has 0 saturated heterocycles. The number of primary amides is 1. The van der Waals surface area contributed by atoms with Crippen LogP contribution in [0.5, 0.6) is 0 Å². The van der Waals surface area contributed by atoms with Crippen molar-refractivity contribution in [2.45, 2.75) is 19.4 Å². The Morgan fingerprint density at radius 2 is 1.92 bits per heavy atom. The molecule has 8 heteroatoms. The lowest BCUT2D eigenvalue weighted by Crippen LogP contribution is -2.35. The van der Waals surface area contributed by atoms with Gasteiger partial charge in [0.1, 0.15) is 0 Å². The first-order valence-electron chi connectivity index (χ1n) is 2.71. The van der Waals surface area contributed by atoms with E-state index >= 15 is 0 Å². The van der Waals surface area contributed by atoms with Crippen LogP contribution in [0.25, 0.3) is 0 Å². The average Bonchev–Trinajstić information content (AvgIpc) is 1.85. The van der Waals surface area contributed by atoms with Gasteiger partial charge in [0.15, 0.2) is 31.0 Å². The number of rotatable bonds is 2. The molecule has 76 valence electrons. The fourth-order valence-electron chi connectivity index (χ4n) is 0.201. The maximum absolute atomic E-state index is 10.0. The zero-order chi connectivity index (χ0) is 9.44. The largest absolute Gasteiger partial charge is 0.582 e. The van der Waals surface area contributed by atoms with E-state index in [1.165, 1.54) is 0 Å². The van der Waals surface area contributed by atoms with E-state index in [0.29, 0.717) is 6.42 Å². The fourth-order valence-corrected chi connectivity index (χ4v) is 0.201. The minimum atomic E-state index is -1.67. The van der Waals surface area contributed by atoms with Gasteiger partial charge in [0.2, 0.25) is 5.91 Å². The fraction of sp³-hybridized carbons (Fsp3) is 0.750. The molecule has 0 fully saturated rings. The Balaban J connectivity index is -0.000000142. The van der Waals surface area contributed by atoms with E-state index < -0.39 is 21.6 Å². The van der Waals surface area contributed by atoms with Crippen LogP contribution < -0.4 is 11.5 Å². The number of hydrogen-bond acceptors (Lipinski definition) is 3. The van der Waals surface area contributed by atoms with E-state index in [0.717, 1.165) is 0 Å². The maximum atomic E-state index is 10.0. The summed E-state index contributed by atoms with van der Waals surface area (Å²) in [4.78, 5) is 10.0. The third kappa shape index (κ3) is 22.4. The molecule has 1 amide bonds. The predicted octanol–water partition coefficient (Wildman–Crippen LogP) is 0.673. The number of nitrogens with two attached hydrogens (primary N) is 2. The summed E-state index contributed by atoms with van der Waals surface area (Å²) in [5.74, 6) is -0.428. The molecule has 0 aliphatic rings. The third-order valence-corrected chi connectivity index (χ3v) is 0.805. The van der Waals surface area contributed by atoms with Gasteiger partial charge in [-0.3, -0.25) is 4.79 Å². The van der Waals surface area contributed by atoms with Crippen molar-refractivity contribution < 1.29 is 9.35 Å². The van der Waals surface area contributed by atoms with E-state index in [9.17, 15) is 4.79 Å². The lowest BCUT2D eigenvalue weighted by Gasteiger charge is -1.98. The molecule has 0 radical (unpaired) electrons. The van der Waals surface area contributed by atoms with Crippen molar-refractivity contribution in [3.8, 4) is 0 Å². The van der Waals surface area contributed by atoms with Crippen molar-refractivity contribution >= 4 is 49.3 Å². The number of hydrogen-bond donors (Lipinski definition) is 2. The molecule has 0 aromatic carbocycles. The van der Waals surface area contributed by atoms with Crippen molar-refractivity contribution in [2.24, 2.45) is 11.5 Å². The second kappa shape index (κ2) is 11.6. The smallest absolute Gasteiger partial charge is 0.234 e. The van der Waals surface area contributed by atoms with Crippen molar-refractivity contribution in [3.63, 3.8) is 0 Å². The van der Waals surface area contributed by atoms with Crippen LogP contribution in [-0.4, -0.2) is 16.5 Å². The zero-order valence-corrected chi connectivity index (χ0v) is 9.47. The lowest BCUT2D eigenvalue weighted by molar-refractivity contribution is -0.119. The molecule has 0 rings (SSSR count). The maximum Gasteiger partial charge on any atom is 0.234 e. The number of carbonyl (C=O) groups excluding carboxylic acids is 1. The van der Waals surface area contributed by atoms with Crippen LogP contribution in [0.2, 0.25) is 0 Å². The van der Waals surface area contributed by atoms with Crippen molar-refractivity contribution in [1.29, 1.82) is 0 Å². The summed E-state index contributed by atoms with van der Waals surface area (Å²) in [5.41, 5.74) is 9.92. The molecule has 0 aliphatic carbocycles. The van der Waals surface area contributed by atoms with Crippen LogP contribution in [0.15, 0.2) is 0 Å². The Morgan fingerprint density at radius 3 is 1.92 bits per heavy atom. The van der Waals surface area contributed by atoms with Crippen LogP contribution in [0.4, 0.5) is 0 Å². The second-order valence-corrected chi connectivity index (χ2v) is 4.13. The molecule has 1 atom stereocenters. The van der Waals surface area contributed by atoms with Crippen molar-refractivity contribution in [2.75, 3.05) is 0 Å². The summed E-state index contributed by atoms with van der Waals surface area (Å²) in [6.45, 7) is 1.81. The highest BCUT2D eigenvalue weighted by molar-refractivity contribution is 8.31. The van der Waals surface area contributed by atoms with Crippen LogP contribution in [0.1, 0.15) is 13.3 Å². The molecule has 4 nitrogen and oxygen atoms in total. The van der Waals surface area contributed by atoms with E-state index in [1.807, 2.05) is 6.92 Å². The lowest BCUT2D eigenvalue weighted by atomic mass is 10.2. The summed E-state index contributed by atoms with van der Waals surface area (Å²) >= 11 is 0. The SMILES string of the molecule is CC[C@H](N)C(N)=O.Cl.[O-][S+](Cl)Cl. The zero-order valence-electron chi connectivity index (χ0n) is 6.33. The first-order chi connectivity index (χ1) is 4.91.